The van der Waals surface area contributed by atoms with Gasteiger partial charge in [0.1, 0.15) is 22.9 Å². The molecule has 0 unspecified atom stereocenters. The van der Waals surface area contributed by atoms with Crippen LogP contribution in [0.1, 0.15) is 32.8 Å². The SMILES string of the molecule is C/C=C(\C(C)=N)c1cnc2cc1O[C@@H](C)CCOc1c(cnn1C)-c1nccc(n1)N2.[B]C. The summed E-state index contributed by atoms with van der Waals surface area (Å²) < 4.78 is 14.0. The molecule has 3 aromatic rings. The Bertz CT molecular complexity index is 1160. The van der Waals surface area contributed by atoms with E-state index in [2.05, 4.69) is 33.2 Å². The van der Waals surface area contributed by atoms with Crippen LogP contribution in [0.4, 0.5) is 11.6 Å². The Morgan fingerprint density at radius 3 is 2.79 bits per heavy atom. The lowest BCUT2D eigenvalue weighted by Gasteiger charge is -2.20. The zero-order valence-electron chi connectivity index (χ0n) is 19.6. The molecule has 0 saturated carbocycles. The van der Waals surface area contributed by atoms with E-state index in [0.29, 0.717) is 47.8 Å². The van der Waals surface area contributed by atoms with E-state index < -0.39 is 0 Å². The number of aryl methyl sites for hydroxylation is 1. The summed E-state index contributed by atoms with van der Waals surface area (Å²) in [7, 11) is 6.32. The van der Waals surface area contributed by atoms with Crippen LogP contribution in [0.5, 0.6) is 11.6 Å². The maximum absolute atomic E-state index is 8.10. The van der Waals surface area contributed by atoms with Crippen molar-refractivity contribution in [3.8, 4) is 23.0 Å². The minimum absolute atomic E-state index is 0.119. The highest BCUT2D eigenvalue weighted by Crippen LogP contribution is 2.32. The van der Waals surface area contributed by atoms with Crippen LogP contribution in [0.15, 0.2) is 36.8 Å². The number of hydrogen-bond donors (Lipinski definition) is 2. The van der Waals surface area contributed by atoms with Crippen LogP contribution in [0.25, 0.3) is 17.0 Å². The second kappa shape index (κ2) is 10.8. The standard InChI is InChI=1S/C22H25N7O2.CH3B/c1-5-15(14(3)23)16-11-25-20-10-18(16)31-13(2)7-9-30-22-17(12-26-29(22)4)21-24-8-6-19(27-20)28-21;1-2/h5-6,8,10-13,23H,7,9H2,1-4H3,(H,24,25,27,28);1H3/b15-5+,23-14?;/t13-;/m0./s1. The maximum Gasteiger partial charge on any atom is 0.222 e. The average molecular weight is 445 g/mol. The highest BCUT2D eigenvalue weighted by atomic mass is 16.5. The molecule has 1 aliphatic heterocycles. The number of hydrogen-bond acceptors (Lipinski definition) is 8. The van der Waals surface area contributed by atoms with Crippen LogP contribution in [0.2, 0.25) is 6.82 Å². The van der Waals surface area contributed by atoms with Gasteiger partial charge in [-0.1, -0.05) is 12.9 Å². The third-order valence-electron chi connectivity index (χ3n) is 4.98. The monoisotopic (exact) mass is 445 g/mol. The summed E-state index contributed by atoms with van der Waals surface area (Å²) in [6.07, 6.45) is 7.53. The number of nitrogens with one attached hydrogen (secondary N) is 2. The van der Waals surface area contributed by atoms with Crippen LogP contribution in [-0.2, 0) is 7.05 Å². The van der Waals surface area contributed by atoms with Crippen LogP contribution >= 0.6 is 0 Å². The molecule has 0 aliphatic carbocycles. The van der Waals surface area contributed by atoms with Crippen molar-refractivity contribution in [1.82, 2.24) is 24.7 Å². The first-order chi connectivity index (χ1) is 16.0. The van der Waals surface area contributed by atoms with Crippen LogP contribution in [0.3, 0.4) is 0 Å². The van der Waals surface area contributed by atoms with Crippen molar-refractivity contribution in [3.05, 3.63) is 42.4 Å². The van der Waals surface area contributed by atoms with E-state index in [1.54, 1.807) is 36.3 Å². The van der Waals surface area contributed by atoms with Crippen molar-refractivity contribution in [2.75, 3.05) is 11.9 Å². The van der Waals surface area contributed by atoms with Gasteiger partial charge < -0.3 is 20.2 Å². The molecule has 2 N–H and O–H groups in total. The number of ether oxygens (including phenoxy) is 2. The molecular weight excluding hydrogens is 417 g/mol. The first kappa shape index (κ1) is 24.0. The van der Waals surface area contributed by atoms with E-state index in [4.69, 9.17) is 14.9 Å². The fraction of sp³-hybridized carbons (Fsp3) is 0.348. The van der Waals surface area contributed by atoms with Crippen molar-refractivity contribution in [3.63, 3.8) is 0 Å². The van der Waals surface area contributed by atoms with Crippen LogP contribution in [-0.4, -0.2) is 51.0 Å². The summed E-state index contributed by atoms with van der Waals surface area (Å²) in [5.74, 6) is 2.95. The Labute approximate surface area is 195 Å². The van der Waals surface area contributed by atoms with Gasteiger partial charge in [0.2, 0.25) is 5.88 Å². The zero-order valence-corrected chi connectivity index (χ0v) is 19.6. The molecule has 0 saturated heterocycles. The Morgan fingerprint density at radius 2 is 2.06 bits per heavy atom. The van der Waals surface area contributed by atoms with Crippen molar-refractivity contribution >= 4 is 30.8 Å². The Balaban J connectivity index is 0.00000149. The summed E-state index contributed by atoms with van der Waals surface area (Å²) >= 11 is 0. The molecule has 0 spiro atoms. The minimum atomic E-state index is -0.119. The molecule has 2 radical (unpaired) electrons. The number of rotatable bonds is 2. The third kappa shape index (κ3) is 5.39. The van der Waals surface area contributed by atoms with E-state index in [0.717, 1.165) is 16.7 Å². The molecule has 10 heteroatoms. The zero-order chi connectivity index (χ0) is 24.0. The molecule has 4 bridgehead atoms. The molecule has 170 valence electrons. The largest absolute Gasteiger partial charge is 0.490 e. The van der Waals surface area contributed by atoms with Crippen molar-refractivity contribution in [2.45, 2.75) is 40.1 Å². The molecule has 0 fully saturated rings. The number of fused-ring (bicyclic) bond motifs is 6. The number of pyridine rings is 1. The summed E-state index contributed by atoms with van der Waals surface area (Å²) in [4.78, 5) is 13.5. The quantitative estimate of drug-likeness (QED) is 0.449. The Hall–Kier alpha value is -3.69. The molecule has 0 amide bonds. The van der Waals surface area contributed by atoms with Gasteiger partial charge >= 0.3 is 0 Å². The minimum Gasteiger partial charge on any atom is -0.490 e. The Morgan fingerprint density at radius 1 is 1.27 bits per heavy atom. The van der Waals surface area contributed by atoms with Crippen LogP contribution < -0.4 is 14.8 Å². The number of allylic oxidation sites excluding steroid dienone is 2. The highest BCUT2D eigenvalue weighted by Gasteiger charge is 2.19. The molecule has 4 heterocycles. The summed E-state index contributed by atoms with van der Waals surface area (Å²) in [6, 6.07) is 3.60. The lowest BCUT2D eigenvalue weighted by atomic mass is 10.0. The Kier molecular flexibility index (Phi) is 7.81. The van der Waals surface area contributed by atoms with E-state index in [1.807, 2.05) is 33.0 Å². The lowest BCUT2D eigenvalue weighted by Crippen LogP contribution is -2.18. The van der Waals surface area contributed by atoms with Gasteiger partial charge in [0, 0.05) is 48.8 Å². The first-order valence-corrected chi connectivity index (χ1v) is 10.7. The topological polar surface area (TPSA) is 111 Å². The molecular formula is C23H28BN7O2. The molecule has 9 nitrogen and oxygen atoms in total. The molecule has 1 aliphatic rings. The highest BCUT2D eigenvalue weighted by molar-refractivity contribution is 6.21. The van der Waals surface area contributed by atoms with Gasteiger partial charge in [-0.15, -0.1) is 0 Å². The fourth-order valence-corrected chi connectivity index (χ4v) is 3.42. The summed E-state index contributed by atoms with van der Waals surface area (Å²) in [6.45, 7) is 7.59. The molecule has 3 aromatic heterocycles. The van der Waals surface area contributed by atoms with E-state index >= 15 is 0 Å². The fourth-order valence-electron chi connectivity index (χ4n) is 3.42. The third-order valence-corrected chi connectivity index (χ3v) is 4.98. The molecule has 4 rings (SSSR count). The second-order valence-electron chi connectivity index (χ2n) is 7.34. The summed E-state index contributed by atoms with van der Waals surface area (Å²) in [5, 5.41) is 15.6. The van der Waals surface area contributed by atoms with Crippen molar-refractivity contribution in [2.24, 2.45) is 7.05 Å². The number of aromatic nitrogens is 5. The van der Waals surface area contributed by atoms with Gasteiger partial charge in [0.05, 0.1) is 26.8 Å². The smallest absolute Gasteiger partial charge is 0.222 e. The van der Waals surface area contributed by atoms with Crippen molar-refractivity contribution < 1.29 is 9.47 Å². The molecule has 33 heavy (non-hydrogen) atoms. The van der Waals surface area contributed by atoms with Gasteiger partial charge in [0.25, 0.3) is 0 Å². The van der Waals surface area contributed by atoms with Gasteiger partial charge in [0.15, 0.2) is 5.82 Å². The van der Waals surface area contributed by atoms with Gasteiger partial charge in [-0.3, -0.25) is 0 Å². The van der Waals surface area contributed by atoms with Crippen LogP contribution in [0, 0.1) is 5.41 Å². The lowest BCUT2D eigenvalue weighted by molar-refractivity contribution is 0.172. The number of nitrogens with zero attached hydrogens (tertiary/aromatic N) is 5. The molecule has 0 aromatic carbocycles. The van der Waals surface area contributed by atoms with Crippen molar-refractivity contribution in [1.29, 1.82) is 5.41 Å². The van der Waals surface area contributed by atoms with Gasteiger partial charge in [-0.05, 0) is 26.8 Å². The second-order valence-corrected chi connectivity index (χ2v) is 7.34. The average Bonchev–Trinajstić information content (AvgIpc) is 3.17. The predicted octanol–water partition coefficient (Wildman–Crippen LogP) is 4.21. The predicted molar refractivity (Wildman–Crippen MR) is 131 cm³/mol. The normalized spacial score (nSPS) is 15.4. The van der Waals surface area contributed by atoms with E-state index in [-0.39, 0.29) is 6.10 Å². The maximum atomic E-state index is 8.10. The van der Waals surface area contributed by atoms with E-state index in [1.165, 1.54) is 6.82 Å². The van der Waals surface area contributed by atoms with Gasteiger partial charge in [-0.25, -0.2) is 19.6 Å². The first-order valence-electron chi connectivity index (χ1n) is 10.7. The molecule has 1 atom stereocenters. The number of anilines is 2. The summed E-state index contributed by atoms with van der Waals surface area (Å²) in [5.41, 5.74) is 2.73. The van der Waals surface area contributed by atoms with Gasteiger partial charge in [-0.2, -0.15) is 5.10 Å². The van der Waals surface area contributed by atoms with E-state index in [9.17, 15) is 0 Å².